The van der Waals surface area contributed by atoms with E-state index in [1.165, 1.54) is 0 Å². The highest BCUT2D eigenvalue weighted by molar-refractivity contribution is 5.40. The van der Waals surface area contributed by atoms with Gasteiger partial charge in [0.05, 0.1) is 11.4 Å². The van der Waals surface area contributed by atoms with Gasteiger partial charge in [-0.25, -0.2) is 4.98 Å². The molecule has 0 aromatic carbocycles. The van der Waals surface area contributed by atoms with Crippen LogP contribution in [0, 0.1) is 13.8 Å². The summed E-state index contributed by atoms with van der Waals surface area (Å²) < 4.78 is 0. The lowest BCUT2D eigenvalue weighted by Gasteiger charge is -2.16. The van der Waals surface area contributed by atoms with Crippen LogP contribution in [0.15, 0.2) is 6.20 Å². The number of nitrogens with zero attached hydrogens (tertiary/aromatic N) is 2. The number of hydrogen-bond acceptors (Lipinski definition) is 4. The number of aryl methyl sites for hydroxylation is 2. The van der Waals surface area contributed by atoms with Crippen molar-refractivity contribution in [1.29, 1.82) is 0 Å². The Hall–Kier alpha value is -1.16. The van der Waals surface area contributed by atoms with Gasteiger partial charge in [-0.05, 0) is 20.3 Å². The van der Waals surface area contributed by atoms with Crippen LogP contribution in [0.3, 0.4) is 0 Å². The first-order valence-electron chi connectivity index (χ1n) is 4.94. The second-order valence-corrected chi connectivity index (χ2v) is 3.43. The van der Waals surface area contributed by atoms with Gasteiger partial charge in [0.1, 0.15) is 5.82 Å². The quantitative estimate of drug-likeness (QED) is 0.757. The summed E-state index contributed by atoms with van der Waals surface area (Å²) in [6.45, 7) is 6.59. The fourth-order valence-corrected chi connectivity index (χ4v) is 1.20. The van der Waals surface area contributed by atoms with Crippen LogP contribution in [0.2, 0.25) is 0 Å². The van der Waals surface area contributed by atoms with Gasteiger partial charge in [0.2, 0.25) is 0 Å². The van der Waals surface area contributed by atoms with Gasteiger partial charge in [-0.3, -0.25) is 4.98 Å². The number of aromatic nitrogens is 2. The van der Waals surface area contributed by atoms with Crippen LogP contribution >= 0.6 is 0 Å². The third kappa shape index (κ3) is 2.67. The van der Waals surface area contributed by atoms with Gasteiger partial charge in [-0.2, -0.15) is 0 Å². The first kappa shape index (κ1) is 10.9. The largest absolute Gasteiger partial charge is 0.365 e. The Morgan fingerprint density at radius 1 is 1.50 bits per heavy atom. The molecule has 14 heavy (non-hydrogen) atoms. The molecule has 0 bridgehead atoms. The van der Waals surface area contributed by atoms with E-state index < -0.39 is 0 Å². The summed E-state index contributed by atoms with van der Waals surface area (Å²) in [5.41, 5.74) is 7.45. The van der Waals surface area contributed by atoms with Crippen molar-refractivity contribution in [2.24, 2.45) is 5.73 Å². The maximum atomic E-state index is 5.61. The lowest BCUT2D eigenvalue weighted by atomic mass is 10.2. The van der Waals surface area contributed by atoms with Crippen LogP contribution in [-0.2, 0) is 0 Å². The molecule has 4 nitrogen and oxygen atoms in total. The molecule has 0 aliphatic heterocycles. The Morgan fingerprint density at radius 2 is 2.21 bits per heavy atom. The van der Waals surface area contributed by atoms with Crippen LogP contribution < -0.4 is 11.1 Å². The molecule has 4 heteroatoms. The van der Waals surface area contributed by atoms with Gasteiger partial charge in [0.25, 0.3) is 0 Å². The summed E-state index contributed by atoms with van der Waals surface area (Å²) >= 11 is 0. The number of anilines is 1. The van der Waals surface area contributed by atoms with Gasteiger partial charge in [0.15, 0.2) is 0 Å². The van der Waals surface area contributed by atoms with Gasteiger partial charge >= 0.3 is 0 Å². The summed E-state index contributed by atoms with van der Waals surface area (Å²) in [5, 5.41) is 3.29. The van der Waals surface area contributed by atoms with E-state index in [1.54, 1.807) is 6.20 Å². The minimum Gasteiger partial charge on any atom is -0.365 e. The summed E-state index contributed by atoms with van der Waals surface area (Å²) in [5.74, 6) is 0.849. The van der Waals surface area contributed by atoms with E-state index in [0.29, 0.717) is 6.54 Å². The minimum absolute atomic E-state index is 0.282. The third-order valence-electron chi connectivity index (χ3n) is 2.19. The van der Waals surface area contributed by atoms with Gasteiger partial charge in [0, 0.05) is 18.8 Å². The topological polar surface area (TPSA) is 63.8 Å². The third-order valence-corrected chi connectivity index (χ3v) is 2.19. The molecule has 1 unspecified atom stereocenters. The van der Waals surface area contributed by atoms with E-state index >= 15 is 0 Å². The normalized spacial score (nSPS) is 12.6. The van der Waals surface area contributed by atoms with Crippen LogP contribution in [0.1, 0.15) is 24.7 Å². The smallest absolute Gasteiger partial charge is 0.148 e. The second kappa shape index (κ2) is 4.91. The van der Waals surface area contributed by atoms with E-state index in [9.17, 15) is 0 Å². The molecule has 1 heterocycles. The number of rotatable bonds is 4. The Balaban J connectivity index is 2.79. The average Bonchev–Trinajstić information content (AvgIpc) is 2.19. The lowest BCUT2D eigenvalue weighted by molar-refractivity contribution is 0.697. The number of nitrogens with one attached hydrogen (secondary N) is 1. The first-order valence-corrected chi connectivity index (χ1v) is 4.94. The SMILES string of the molecule is CCC(CN)Nc1nc(C)cnc1C. The van der Waals surface area contributed by atoms with E-state index in [2.05, 4.69) is 22.2 Å². The lowest BCUT2D eigenvalue weighted by Crippen LogP contribution is -2.28. The standard InChI is InChI=1S/C10H18N4/c1-4-9(5-11)14-10-8(3)12-6-7(2)13-10/h6,9H,4-5,11H2,1-3H3,(H,13,14). The Morgan fingerprint density at radius 3 is 2.79 bits per heavy atom. The summed E-state index contributed by atoms with van der Waals surface area (Å²) in [7, 11) is 0. The number of hydrogen-bond donors (Lipinski definition) is 2. The average molecular weight is 194 g/mol. The molecule has 0 amide bonds. The van der Waals surface area contributed by atoms with Crippen molar-refractivity contribution in [2.45, 2.75) is 33.2 Å². The Bertz CT molecular complexity index is 294. The highest BCUT2D eigenvalue weighted by Crippen LogP contribution is 2.10. The molecule has 1 aromatic rings. The van der Waals surface area contributed by atoms with E-state index in [0.717, 1.165) is 23.6 Å². The predicted octanol–water partition coefficient (Wildman–Crippen LogP) is 1.24. The maximum absolute atomic E-state index is 5.61. The molecule has 0 radical (unpaired) electrons. The maximum Gasteiger partial charge on any atom is 0.148 e. The minimum atomic E-state index is 0.282. The van der Waals surface area contributed by atoms with Crippen molar-refractivity contribution in [1.82, 2.24) is 9.97 Å². The van der Waals surface area contributed by atoms with E-state index in [1.807, 2.05) is 13.8 Å². The fraction of sp³-hybridized carbons (Fsp3) is 0.600. The van der Waals surface area contributed by atoms with Crippen molar-refractivity contribution in [3.63, 3.8) is 0 Å². The second-order valence-electron chi connectivity index (χ2n) is 3.43. The van der Waals surface area contributed by atoms with E-state index in [4.69, 9.17) is 5.73 Å². The predicted molar refractivity (Wildman–Crippen MR) is 58.3 cm³/mol. The molecule has 0 saturated carbocycles. The van der Waals surface area contributed by atoms with Crippen molar-refractivity contribution in [3.05, 3.63) is 17.6 Å². The molecule has 0 aliphatic rings. The Kier molecular flexibility index (Phi) is 3.83. The van der Waals surface area contributed by atoms with Crippen LogP contribution in [0.25, 0.3) is 0 Å². The molecule has 1 aromatic heterocycles. The van der Waals surface area contributed by atoms with Crippen LogP contribution in [0.4, 0.5) is 5.82 Å². The van der Waals surface area contributed by atoms with Crippen LogP contribution in [-0.4, -0.2) is 22.6 Å². The molecule has 3 N–H and O–H groups in total. The molecule has 0 fully saturated rings. The number of nitrogens with two attached hydrogens (primary N) is 1. The first-order chi connectivity index (χ1) is 6.67. The van der Waals surface area contributed by atoms with Crippen molar-refractivity contribution < 1.29 is 0 Å². The zero-order valence-electron chi connectivity index (χ0n) is 9.04. The highest BCUT2D eigenvalue weighted by Gasteiger charge is 2.07. The summed E-state index contributed by atoms with van der Waals surface area (Å²) in [6, 6.07) is 0.282. The van der Waals surface area contributed by atoms with Gasteiger partial charge in [-0.1, -0.05) is 6.92 Å². The molecule has 0 saturated heterocycles. The molecule has 78 valence electrons. The molecule has 1 rings (SSSR count). The zero-order chi connectivity index (χ0) is 10.6. The van der Waals surface area contributed by atoms with Crippen molar-refractivity contribution in [3.8, 4) is 0 Å². The van der Waals surface area contributed by atoms with Crippen molar-refractivity contribution >= 4 is 5.82 Å². The Labute approximate surface area is 85.0 Å². The van der Waals surface area contributed by atoms with Crippen molar-refractivity contribution in [2.75, 3.05) is 11.9 Å². The molecule has 0 aliphatic carbocycles. The monoisotopic (exact) mass is 194 g/mol. The van der Waals surface area contributed by atoms with Gasteiger partial charge < -0.3 is 11.1 Å². The summed E-state index contributed by atoms with van der Waals surface area (Å²) in [6.07, 6.45) is 2.76. The molecular formula is C10H18N4. The fourth-order valence-electron chi connectivity index (χ4n) is 1.20. The highest BCUT2D eigenvalue weighted by atomic mass is 15.1. The zero-order valence-corrected chi connectivity index (χ0v) is 9.04. The van der Waals surface area contributed by atoms with Crippen LogP contribution in [0.5, 0.6) is 0 Å². The molecule has 1 atom stereocenters. The summed E-state index contributed by atoms with van der Waals surface area (Å²) in [4.78, 5) is 8.61. The van der Waals surface area contributed by atoms with E-state index in [-0.39, 0.29) is 6.04 Å². The molecule has 0 spiro atoms. The molecular weight excluding hydrogens is 176 g/mol. The van der Waals surface area contributed by atoms with Gasteiger partial charge in [-0.15, -0.1) is 0 Å².